The Kier molecular flexibility index (Phi) is 16.4. The number of nitrogens with zero attached hydrogens (tertiary/aromatic N) is 1. The Balaban J connectivity index is 0. The summed E-state index contributed by atoms with van der Waals surface area (Å²) in [6.07, 6.45) is 9.89. The zero-order chi connectivity index (χ0) is 22.3. The Morgan fingerprint density at radius 1 is 1.11 bits per heavy atom. The number of hydrogen-bond donors (Lipinski definition) is 1. The minimum absolute atomic E-state index is 0.0961. The fourth-order valence-electron chi connectivity index (χ4n) is 3.84. The minimum Gasteiger partial charge on any atom is -0.393 e. The van der Waals surface area contributed by atoms with E-state index in [1.807, 2.05) is 6.92 Å². The van der Waals surface area contributed by atoms with Gasteiger partial charge in [0, 0.05) is 24.7 Å². The third kappa shape index (κ3) is 14.0. The first kappa shape index (κ1) is 29.1. The topological polar surface area (TPSA) is 40.5 Å². The van der Waals surface area contributed by atoms with Gasteiger partial charge in [-0.15, -0.1) is 0 Å². The lowest BCUT2D eigenvalue weighted by molar-refractivity contribution is -0.114. The summed E-state index contributed by atoms with van der Waals surface area (Å²) in [6, 6.07) is 0. The van der Waals surface area contributed by atoms with E-state index < -0.39 is 0 Å². The third-order valence-corrected chi connectivity index (χ3v) is 4.80. The number of allylic oxidation sites excluding steroid dienone is 2. The standard InChI is InChI=1S/C12H21N.C10H22O.C3H6O/c1-7-10-11(9(2)3)12(4,5)8-13(10)6;1-3-4-5-6-7-8-9-10(2)11;1-3(2)4/h2,7-8H2,1,3-6H3;10-11H,3-9H2,1-2H3;1-2H3. The minimum atomic E-state index is -0.0961. The Morgan fingerprint density at radius 3 is 1.93 bits per heavy atom. The summed E-state index contributed by atoms with van der Waals surface area (Å²) in [6.45, 7) is 21.3. The molecule has 0 aromatic rings. The fraction of sp³-hybridized carbons (Fsp3) is 0.800. The first-order chi connectivity index (χ1) is 12.9. The molecule has 0 saturated carbocycles. The molecule has 0 aromatic carbocycles. The van der Waals surface area contributed by atoms with E-state index in [0.717, 1.165) is 19.4 Å². The van der Waals surface area contributed by atoms with Crippen LogP contribution in [0.4, 0.5) is 0 Å². The smallest absolute Gasteiger partial charge is 0.126 e. The molecule has 0 fully saturated rings. The second-order valence-corrected chi connectivity index (χ2v) is 9.01. The summed E-state index contributed by atoms with van der Waals surface area (Å²) >= 11 is 0. The van der Waals surface area contributed by atoms with Crippen LogP contribution < -0.4 is 0 Å². The maximum Gasteiger partial charge on any atom is 0.126 e. The molecule has 0 aromatic heterocycles. The van der Waals surface area contributed by atoms with Gasteiger partial charge in [0.25, 0.3) is 0 Å². The second kappa shape index (κ2) is 15.8. The molecule has 0 amide bonds. The lowest BCUT2D eigenvalue weighted by Crippen LogP contribution is -2.22. The lowest BCUT2D eigenvalue weighted by atomic mass is 9.82. The van der Waals surface area contributed by atoms with Crippen molar-refractivity contribution in [2.75, 3.05) is 13.6 Å². The molecule has 1 aliphatic rings. The number of carbonyl (C=O) groups excluding carboxylic acids is 1. The van der Waals surface area contributed by atoms with Gasteiger partial charge < -0.3 is 14.8 Å². The van der Waals surface area contributed by atoms with Crippen LogP contribution in [-0.4, -0.2) is 35.5 Å². The van der Waals surface area contributed by atoms with Crippen molar-refractivity contribution in [2.45, 2.75) is 113 Å². The monoisotopic (exact) mass is 395 g/mol. The molecule has 3 heteroatoms. The summed E-state index contributed by atoms with van der Waals surface area (Å²) in [5.41, 5.74) is 4.45. The van der Waals surface area contributed by atoms with Gasteiger partial charge in [-0.1, -0.05) is 78.4 Å². The number of Topliss-reactive ketones (excluding diaryl/α,β-unsaturated/α-hetero) is 1. The first-order valence-corrected chi connectivity index (χ1v) is 11.2. The van der Waals surface area contributed by atoms with Gasteiger partial charge in [-0.2, -0.15) is 0 Å². The van der Waals surface area contributed by atoms with Gasteiger partial charge in [0.15, 0.2) is 0 Å². The van der Waals surface area contributed by atoms with Crippen molar-refractivity contribution < 1.29 is 9.90 Å². The average Bonchev–Trinajstić information content (AvgIpc) is 2.78. The van der Waals surface area contributed by atoms with E-state index in [0.29, 0.717) is 0 Å². The number of unbranched alkanes of at least 4 members (excludes halogenated alkanes) is 5. The Labute approximate surface area is 176 Å². The number of aliphatic hydroxyl groups excluding tert-OH is 1. The van der Waals surface area contributed by atoms with Crippen molar-refractivity contribution in [3.05, 3.63) is 23.4 Å². The van der Waals surface area contributed by atoms with E-state index in [2.05, 4.69) is 53.1 Å². The van der Waals surface area contributed by atoms with Crippen LogP contribution in [0.1, 0.15) is 107 Å². The molecular weight excluding hydrogens is 346 g/mol. The molecule has 3 nitrogen and oxygen atoms in total. The van der Waals surface area contributed by atoms with Crippen LogP contribution in [0.3, 0.4) is 0 Å². The SMILES string of the molecule is C=C(C)C1=C(CC)N(C)CC1(C)C.CC(C)=O.CCCCCCCCC(C)O. The van der Waals surface area contributed by atoms with E-state index in [1.54, 1.807) is 0 Å². The first-order valence-electron chi connectivity index (χ1n) is 11.2. The normalized spacial score (nSPS) is 16.0. The molecule has 1 N–H and O–H groups in total. The maximum absolute atomic E-state index is 9.44. The molecule has 28 heavy (non-hydrogen) atoms. The van der Waals surface area contributed by atoms with Crippen LogP contribution in [0, 0.1) is 5.41 Å². The molecule has 0 saturated heterocycles. The highest BCUT2D eigenvalue weighted by Gasteiger charge is 2.34. The second-order valence-electron chi connectivity index (χ2n) is 9.01. The summed E-state index contributed by atoms with van der Waals surface area (Å²) in [5, 5.41) is 8.96. The van der Waals surface area contributed by atoms with Crippen molar-refractivity contribution in [2.24, 2.45) is 5.41 Å². The predicted molar refractivity (Wildman–Crippen MR) is 125 cm³/mol. The van der Waals surface area contributed by atoms with Crippen LogP contribution in [0.2, 0.25) is 0 Å². The Bertz CT molecular complexity index is 471. The molecule has 166 valence electrons. The zero-order valence-corrected chi connectivity index (χ0v) is 20.5. The Morgan fingerprint density at radius 2 is 1.57 bits per heavy atom. The summed E-state index contributed by atoms with van der Waals surface area (Å²) < 4.78 is 0. The van der Waals surface area contributed by atoms with Crippen molar-refractivity contribution in [1.82, 2.24) is 4.90 Å². The molecular formula is C25H49NO2. The van der Waals surface area contributed by atoms with Crippen LogP contribution in [-0.2, 0) is 4.79 Å². The third-order valence-electron chi connectivity index (χ3n) is 4.80. The summed E-state index contributed by atoms with van der Waals surface area (Å²) in [5.74, 6) is 0.167. The highest BCUT2D eigenvalue weighted by Crippen LogP contribution is 2.41. The molecule has 1 heterocycles. The molecule has 0 aliphatic carbocycles. The van der Waals surface area contributed by atoms with Gasteiger partial charge in [-0.3, -0.25) is 0 Å². The van der Waals surface area contributed by atoms with Crippen LogP contribution in [0.25, 0.3) is 0 Å². The summed E-state index contributed by atoms with van der Waals surface area (Å²) in [7, 11) is 2.18. The largest absolute Gasteiger partial charge is 0.393 e. The van der Waals surface area contributed by atoms with Crippen molar-refractivity contribution in [3.8, 4) is 0 Å². The zero-order valence-electron chi connectivity index (χ0n) is 20.5. The van der Waals surface area contributed by atoms with Gasteiger partial charge in [-0.05, 0) is 46.1 Å². The number of hydrogen-bond acceptors (Lipinski definition) is 3. The van der Waals surface area contributed by atoms with Gasteiger partial charge >= 0.3 is 0 Å². The molecule has 1 unspecified atom stereocenters. The number of carbonyl (C=O) groups is 1. The lowest BCUT2D eigenvalue weighted by Gasteiger charge is -2.22. The predicted octanol–water partition coefficient (Wildman–Crippen LogP) is 6.91. The maximum atomic E-state index is 9.44. The van der Waals surface area contributed by atoms with Gasteiger partial charge in [0.1, 0.15) is 5.78 Å². The van der Waals surface area contributed by atoms with Gasteiger partial charge in [0.05, 0.1) is 6.10 Å². The average molecular weight is 396 g/mol. The molecule has 1 rings (SSSR count). The van der Waals surface area contributed by atoms with E-state index in [4.69, 9.17) is 5.11 Å². The molecule has 0 bridgehead atoms. The van der Waals surface area contributed by atoms with E-state index in [-0.39, 0.29) is 17.3 Å². The van der Waals surface area contributed by atoms with Crippen molar-refractivity contribution in [3.63, 3.8) is 0 Å². The van der Waals surface area contributed by atoms with E-state index in [1.165, 1.54) is 69.2 Å². The molecule has 0 spiro atoms. The Hall–Kier alpha value is -1.09. The number of ketones is 1. The molecule has 0 radical (unpaired) electrons. The number of aliphatic hydroxyl groups is 1. The fourth-order valence-corrected chi connectivity index (χ4v) is 3.84. The van der Waals surface area contributed by atoms with Crippen molar-refractivity contribution in [1.29, 1.82) is 0 Å². The van der Waals surface area contributed by atoms with Crippen LogP contribution >= 0.6 is 0 Å². The van der Waals surface area contributed by atoms with Gasteiger partial charge in [0.2, 0.25) is 0 Å². The highest BCUT2D eigenvalue weighted by molar-refractivity contribution is 5.72. The summed E-state index contributed by atoms with van der Waals surface area (Å²) in [4.78, 5) is 11.8. The van der Waals surface area contributed by atoms with Gasteiger partial charge in [-0.25, -0.2) is 0 Å². The van der Waals surface area contributed by atoms with E-state index in [9.17, 15) is 4.79 Å². The van der Waals surface area contributed by atoms with Crippen LogP contribution in [0.15, 0.2) is 23.4 Å². The molecule has 1 atom stereocenters. The quantitative estimate of drug-likeness (QED) is 0.431. The van der Waals surface area contributed by atoms with Crippen LogP contribution in [0.5, 0.6) is 0 Å². The van der Waals surface area contributed by atoms with Crippen molar-refractivity contribution >= 4 is 5.78 Å². The highest BCUT2D eigenvalue weighted by atomic mass is 16.3. The molecule has 1 aliphatic heterocycles. The number of rotatable bonds is 9. The van der Waals surface area contributed by atoms with E-state index >= 15 is 0 Å².